The smallest absolute Gasteiger partial charge is 0.242 e. The first-order chi connectivity index (χ1) is 12.5. The van der Waals surface area contributed by atoms with Crippen molar-refractivity contribution in [1.82, 2.24) is 9.97 Å². The molecule has 1 aromatic heterocycles. The van der Waals surface area contributed by atoms with Crippen LogP contribution >= 0.6 is 0 Å². The van der Waals surface area contributed by atoms with E-state index in [1.165, 1.54) is 21.9 Å². The van der Waals surface area contributed by atoms with E-state index in [9.17, 15) is 0 Å². The Morgan fingerprint density at radius 1 is 0.769 bits per heavy atom. The maximum absolute atomic E-state index is 4.69. The molecule has 0 aliphatic carbocycles. The number of hydrogen-bond donors (Lipinski definition) is 2. The molecule has 0 aliphatic heterocycles. The van der Waals surface area contributed by atoms with Gasteiger partial charge in [0.15, 0.2) is 0 Å². The van der Waals surface area contributed by atoms with Gasteiger partial charge in [-0.25, -0.2) is 9.97 Å². The summed E-state index contributed by atoms with van der Waals surface area (Å²) >= 11 is 0. The first kappa shape index (κ1) is 16.3. The van der Waals surface area contributed by atoms with Crippen molar-refractivity contribution in [3.63, 3.8) is 0 Å². The lowest BCUT2D eigenvalue weighted by Gasteiger charge is -2.15. The zero-order valence-electron chi connectivity index (χ0n) is 15.5. The fourth-order valence-electron chi connectivity index (χ4n) is 3.49. The van der Waals surface area contributed by atoms with Crippen LogP contribution in [0.4, 0.5) is 11.6 Å². The quantitative estimate of drug-likeness (QED) is 0.486. The number of aryl methyl sites for hydroxylation is 4. The molecule has 4 aromatic rings. The highest BCUT2D eigenvalue weighted by Gasteiger charge is 2.08. The van der Waals surface area contributed by atoms with Crippen molar-refractivity contribution in [2.45, 2.75) is 27.7 Å². The van der Waals surface area contributed by atoms with E-state index in [2.05, 4.69) is 79.1 Å². The molecule has 4 nitrogen and oxygen atoms in total. The Hall–Kier alpha value is -3.14. The number of benzene rings is 3. The molecule has 0 spiro atoms. The van der Waals surface area contributed by atoms with E-state index in [-0.39, 0.29) is 0 Å². The van der Waals surface area contributed by atoms with Crippen LogP contribution in [0.3, 0.4) is 0 Å². The summed E-state index contributed by atoms with van der Waals surface area (Å²) in [4.78, 5) is 9.29. The van der Waals surface area contributed by atoms with Crippen LogP contribution in [0.15, 0.2) is 48.5 Å². The molecule has 0 saturated carbocycles. The Morgan fingerprint density at radius 3 is 2.38 bits per heavy atom. The molecule has 0 unspecified atom stereocenters. The third-order valence-electron chi connectivity index (χ3n) is 4.76. The summed E-state index contributed by atoms with van der Waals surface area (Å²) in [6.07, 6.45) is 0. The van der Waals surface area contributed by atoms with Crippen LogP contribution in [0, 0.1) is 27.7 Å². The van der Waals surface area contributed by atoms with Crippen molar-refractivity contribution >= 4 is 33.3 Å². The number of para-hydroxylation sites is 1. The van der Waals surface area contributed by atoms with E-state index in [1.54, 1.807) is 0 Å². The largest absolute Gasteiger partial charge is 0.298 e. The normalized spacial score (nSPS) is 11.1. The molecule has 0 fully saturated rings. The lowest BCUT2D eigenvalue weighted by Crippen LogP contribution is -2.13. The van der Waals surface area contributed by atoms with Crippen molar-refractivity contribution in [2.24, 2.45) is 0 Å². The SMILES string of the molecule is Cc1cc(NNc2nc(C)c3cccc(C)c3n2)c2c(C)cccc2c1. The van der Waals surface area contributed by atoms with E-state index in [4.69, 9.17) is 4.98 Å². The summed E-state index contributed by atoms with van der Waals surface area (Å²) < 4.78 is 0. The van der Waals surface area contributed by atoms with Gasteiger partial charge in [-0.15, -0.1) is 0 Å². The molecule has 130 valence electrons. The third-order valence-corrected chi connectivity index (χ3v) is 4.76. The molecule has 0 atom stereocenters. The molecular formula is C22H22N4. The zero-order chi connectivity index (χ0) is 18.3. The Labute approximate surface area is 153 Å². The van der Waals surface area contributed by atoms with E-state index in [0.29, 0.717) is 5.95 Å². The van der Waals surface area contributed by atoms with Crippen LogP contribution in [0.5, 0.6) is 0 Å². The molecule has 4 heteroatoms. The molecule has 3 aromatic carbocycles. The lowest BCUT2D eigenvalue weighted by molar-refractivity contribution is 1.13. The fourth-order valence-corrected chi connectivity index (χ4v) is 3.49. The van der Waals surface area contributed by atoms with E-state index in [1.807, 2.05) is 13.0 Å². The molecule has 0 bridgehead atoms. The molecule has 0 aliphatic rings. The second-order valence-corrected chi connectivity index (χ2v) is 6.84. The Morgan fingerprint density at radius 2 is 1.54 bits per heavy atom. The minimum Gasteiger partial charge on any atom is -0.298 e. The molecule has 0 radical (unpaired) electrons. The summed E-state index contributed by atoms with van der Waals surface area (Å²) in [6.45, 7) is 8.32. The molecule has 0 saturated heterocycles. The summed E-state index contributed by atoms with van der Waals surface area (Å²) in [5.41, 5.74) is 13.1. The molecular weight excluding hydrogens is 320 g/mol. The first-order valence-electron chi connectivity index (χ1n) is 8.79. The predicted molar refractivity (Wildman–Crippen MR) is 110 cm³/mol. The summed E-state index contributed by atoms with van der Waals surface area (Å²) in [6, 6.07) is 16.9. The molecule has 4 rings (SSSR count). The first-order valence-corrected chi connectivity index (χ1v) is 8.79. The number of hydrazine groups is 1. The predicted octanol–water partition coefficient (Wildman–Crippen LogP) is 5.46. The maximum atomic E-state index is 4.69. The topological polar surface area (TPSA) is 49.8 Å². The second-order valence-electron chi connectivity index (χ2n) is 6.84. The average molecular weight is 342 g/mol. The third kappa shape index (κ3) is 2.84. The number of nitrogens with one attached hydrogen (secondary N) is 2. The summed E-state index contributed by atoms with van der Waals surface area (Å²) in [5.74, 6) is 0.576. The number of anilines is 2. The van der Waals surface area contributed by atoms with Gasteiger partial charge in [0.25, 0.3) is 0 Å². The zero-order valence-corrected chi connectivity index (χ0v) is 15.5. The van der Waals surface area contributed by atoms with Gasteiger partial charge >= 0.3 is 0 Å². The van der Waals surface area contributed by atoms with Gasteiger partial charge in [-0.2, -0.15) is 0 Å². The van der Waals surface area contributed by atoms with Gasteiger partial charge in [0, 0.05) is 10.8 Å². The Kier molecular flexibility index (Phi) is 3.96. The van der Waals surface area contributed by atoms with E-state index < -0.39 is 0 Å². The number of fused-ring (bicyclic) bond motifs is 2. The summed E-state index contributed by atoms with van der Waals surface area (Å²) in [7, 11) is 0. The molecule has 2 N–H and O–H groups in total. The van der Waals surface area contributed by atoms with Crippen LogP contribution in [-0.4, -0.2) is 9.97 Å². The van der Waals surface area contributed by atoms with Crippen molar-refractivity contribution in [2.75, 3.05) is 10.9 Å². The number of aromatic nitrogens is 2. The van der Waals surface area contributed by atoms with Gasteiger partial charge in [-0.3, -0.25) is 10.9 Å². The average Bonchev–Trinajstić information content (AvgIpc) is 2.60. The Bertz CT molecular complexity index is 1130. The number of nitrogens with zero attached hydrogens (tertiary/aromatic N) is 2. The molecule has 26 heavy (non-hydrogen) atoms. The lowest BCUT2D eigenvalue weighted by atomic mass is 10.0. The minimum absolute atomic E-state index is 0.576. The van der Waals surface area contributed by atoms with Gasteiger partial charge in [-0.1, -0.05) is 42.5 Å². The highest BCUT2D eigenvalue weighted by Crippen LogP contribution is 2.28. The fraction of sp³-hybridized carbons (Fsp3) is 0.182. The standard InChI is InChI=1S/C22H22N4/c1-13-11-17-9-5-7-14(2)20(17)19(12-13)25-26-22-23-16(4)18-10-6-8-15(3)21(18)24-22/h5-12,25H,1-4H3,(H,23,24,26). The van der Waals surface area contributed by atoms with Crippen LogP contribution in [0.2, 0.25) is 0 Å². The van der Waals surface area contributed by atoms with E-state index in [0.717, 1.165) is 27.8 Å². The highest BCUT2D eigenvalue weighted by molar-refractivity contribution is 5.97. The van der Waals surface area contributed by atoms with Gasteiger partial charge < -0.3 is 0 Å². The van der Waals surface area contributed by atoms with E-state index >= 15 is 0 Å². The number of hydrogen-bond acceptors (Lipinski definition) is 4. The molecule has 0 amide bonds. The van der Waals surface area contributed by atoms with Crippen LogP contribution in [0.1, 0.15) is 22.4 Å². The van der Waals surface area contributed by atoms with Crippen molar-refractivity contribution in [3.05, 3.63) is 70.9 Å². The highest BCUT2D eigenvalue weighted by atomic mass is 15.4. The summed E-state index contributed by atoms with van der Waals surface area (Å²) in [5, 5.41) is 3.52. The Balaban J connectivity index is 1.73. The maximum Gasteiger partial charge on any atom is 0.242 e. The van der Waals surface area contributed by atoms with Gasteiger partial charge in [0.1, 0.15) is 0 Å². The van der Waals surface area contributed by atoms with Gasteiger partial charge in [0.05, 0.1) is 16.9 Å². The van der Waals surface area contributed by atoms with Crippen molar-refractivity contribution in [1.29, 1.82) is 0 Å². The van der Waals surface area contributed by atoms with Gasteiger partial charge in [0.2, 0.25) is 5.95 Å². The van der Waals surface area contributed by atoms with Crippen LogP contribution in [-0.2, 0) is 0 Å². The van der Waals surface area contributed by atoms with Crippen LogP contribution < -0.4 is 10.9 Å². The van der Waals surface area contributed by atoms with Crippen LogP contribution in [0.25, 0.3) is 21.7 Å². The number of rotatable bonds is 3. The van der Waals surface area contributed by atoms with Gasteiger partial charge in [-0.05, 0) is 55.8 Å². The monoisotopic (exact) mass is 342 g/mol. The molecule has 1 heterocycles. The van der Waals surface area contributed by atoms with Crippen molar-refractivity contribution in [3.8, 4) is 0 Å². The minimum atomic E-state index is 0.576. The van der Waals surface area contributed by atoms with Crippen molar-refractivity contribution < 1.29 is 0 Å². The second kappa shape index (κ2) is 6.30.